The van der Waals surface area contributed by atoms with Crippen molar-refractivity contribution >= 4 is 28.2 Å². The highest BCUT2D eigenvalue weighted by molar-refractivity contribution is 6.74. The van der Waals surface area contributed by atoms with Crippen LogP contribution in [0.15, 0.2) is 21.9 Å². The van der Waals surface area contributed by atoms with E-state index < -0.39 is 51.2 Å². The van der Waals surface area contributed by atoms with Gasteiger partial charge in [-0.15, -0.1) is 11.6 Å². The van der Waals surface area contributed by atoms with Crippen LogP contribution in [0.2, 0.25) is 36.3 Å². The molecule has 1 aromatic heterocycles. The van der Waals surface area contributed by atoms with Crippen LogP contribution in [0.3, 0.4) is 0 Å². The van der Waals surface area contributed by atoms with Crippen LogP contribution in [-0.4, -0.2) is 49.9 Å². The van der Waals surface area contributed by atoms with E-state index in [1.165, 1.54) is 16.8 Å². The first-order valence-electron chi connectivity index (χ1n) is 12.2. The van der Waals surface area contributed by atoms with Crippen LogP contribution in [0.25, 0.3) is 0 Å². The lowest BCUT2D eigenvalue weighted by Crippen LogP contribution is -2.56. The van der Waals surface area contributed by atoms with Gasteiger partial charge < -0.3 is 13.6 Å². The number of ether oxygens (including phenoxy) is 1. The summed E-state index contributed by atoms with van der Waals surface area (Å²) in [6, 6.07) is 1.31. The maximum atomic E-state index is 12.7. The number of halogens is 1. The molecular formula is C24H45ClN2O5Si2. The quantitative estimate of drug-likeness (QED) is 0.347. The Morgan fingerprint density at radius 2 is 1.65 bits per heavy atom. The minimum atomic E-state index is -2.25. The molecule has 0 bridgehead atoms. The fourth-order valence-electron chi connectivity index (χ4n) is 3.65. The molecule has 0 aliphatic carbocycles. The molecule has 2 rings (SSSR count). The van der Waals surface area contributed by atoms with Gasteiger partial charge >= 0.3 is 5.69 Å². The summed E-state index contributed by atoms with van der Waals surface area (Å²) >= 11 is 7.08. The van der Waals surface area contributed by atoms with Crippen molar-refractivity contribution in [3.8, 4) is 0 Å². The lowest BCUT2D eigenvalue weighted by molar-refractivity contribution is -0.127. The fraction of sp³-hybridized carbons (Fsp3) is 0.833. The lowest BCUT2D eigenvalue weighted by atomic mass is 9.92. The van der Waals surface area contributed by atoms with Gasteiger partial charge in [0.15, 0.2) is 22.9 Å². The molecule has 0 amide bonds. The third-order valence-corrected chi connectivity index (χ3v) is 17.3. The molecule has 1 aromatic rings. The number of hydrogen-bond donors (Lipinski definition) is 1. The smallest absolute Gasteiger partial charge is 0.330 e. The summed E-state index contributed by atoms with van der Waals surface area (Å²) in [4.78, 5) is 26.6. The van der Waals surface area contributed by atoms with Gasteiger partial charge in [0.1, 0.15) is 11.0 Å². The van der Waals surface area contributed by atoms with E-state index in [9.17, 15) is 9.59 Å². The number of aromatic amines is 1. The Labute approximate surface area is 211 Å². The Morgan fingerprint density at radius 3 is 2.12 bits per heavy atom. The molecule has 0 aromatic carbocycles. The minimum absolute atomic E-state index is 0.0322. The molecule has 1 aliphatic rings. The van der Waals surface area contributed by atoms with E-state index >= 15 is 0 Å². The molecule has 10 heteroatoms. The van der Waals surface area contributed by atoms with Crippen molar-refractivity contribution < 1.29 is 13.6 Å². The first kappa shape index (κ1) is 29.5. The van der Waals surface area contributed by atoms with Crippen LogP contribution >= 0.6 is 11.6 Å². The maximum absolute atomic E-state index is 12.7. The summed E-state index contributed by atoms with van der Waals surface area (Å²) in [5, 5.41) is -0.633. The largest absolute Gasteiger partial charge is 0.414 e. The van der Waals surface area contributed by atoms with Gasteiger partial charge in [-0.1, -0.05) is 54.9 Å². The van der Waals surface area contributed by atoms with Gasteiger partial charge in [-0.25, -0.2) is 4.79 Å². The molecule has 196 valence electrons. The van der Waals surface area contributed by atoms with Gasteiger partial charge in [0.2, 0.25) is 0 Å². The average molecular weight is 533 g/mol. The fourth-order valence-corrected chi connectivity index (χ4v) is 6.58. The first-order chi connectivity index (χ1) is 15.3. The normalized spacial score (nSPS) is 26.8. The number of hydrogen-bond acceptors (Lipinski definition) is 5. The molecule has 1 fully saturated rings. The van der Waals surface area contributed by atoms with Gasteiger partial charge in [-0.05, 0) is 42.7 Å². The van der Waals surface area contributed by atoms with Crippen LogP contribution < -0.4 is 11.2 Å². The standard InChI is InChI=1S/C24H45ClN2O5Si2/c1-12-14-24(16-30-33(8,9)22(2,3)4)19(32-34(10,11)23(5,6)7)18(25)20(31-24)27-15-13-17(28)26-21(27)29/h13,15,18-20H,12,14,16H2,1-11H3,(H,26,28,29)/t18-,19?,20-,24-/m1/s1. The van der Waals surface area contributed by atoms with E-state index in [1.807, 2.05) is 0 Å². The lowest BCUT2D eigenvalue weighted by Gasteiger charge is -2.45. The Morgan fingerprint density at radius 1 is 1.09 bits per heavy atom. The summed E-state index contributed by atoms with van der Waals surface area (Å²) < 4.78 is 21.7. The van der Waals surface area contributed by atoms with Crippen LogP contribution in [0, 0.1) is 0 Å². The molecule has 0 spiro atoms. The molecular weight excluding hydrogens is 488 g/mol. The number of H-pyrrole nitrogens is 1. The van der Waals surface area contributed by atoms with Crippen molar-refractivity contribution in [1.82, 2.24) is 9.55 Å². The van der Waals surface area contributed by atoms with E-state index in [1.54, 1.807) is 0 Å². The number of nitrogens with zero attached hydrogens (tertiary/aromatic N) is 1. The molecule has 2 heterocycles. The average Bonchev–Trinajstić information content (AvgIpc) is 2.91. The maximum Gasteiger partial charge on any atom is 0.330 e. The van der Waals surface area contributed by atoms with Crippen LogP contribution in [0.1, 0.15) is 67.5 Å². The molecule has 7 nitrogen and oxygen atoms in total. The zero-order valence-electron chi connectivity index (χ0n) is 22.9. The van der Waals surface area contributed by atoms with Crippen molar-refractivity contribution in [1.29, 1.82) is 0 Å². The Bertz CT molecular complexity index is 964. The summed E-state index contributed by atoms with van der Waals surface area (Å²) in [7, 11) is -4.35. The van der Waals surface area contributed by atoms with E-state index in [4.69, 9.17) is 25.2 Å². The van der Waals surface area contributed by atoms with Crippen molar-refractivity contribution in [2.75, 3.05) is 6.61 Å². The van der Waals surface area contributed by atoms with Crippen molar-refractivity contribution in [3.63, 3.8) is 0 Å². The Balaban J connectivity index is 2.58. The van der Waals surface area contributed by atoms with Gasteiger partial charge in [0, 0.05) is 12.3 Å². The SMILES string of the molecule is CCC[C@]1(CO[Si](C)(C)C(C)(C)C)O[C@@H](n2ccc(=O)[nH]c2=O)[C@H](Cl)C1O[Si](C)(C)C(C)(C)C. The van der Waals surface area contributed by atoms with Crippen molar-refractivity contribution in [2.45, 2.75) is 121 Å². The molecule has 1 N–H and O–H groups in total. The summed E-state index contributed by atoms with van der Waals surface area (Å²) in [6.45, 7) is 24.5. The topological polar surface area (TPSA) is 82.5 Å². The molecule has 0 radical (unpaired) electrons. The Hall–Kier alpha value is -0.716. The van der Waals surface area contributed by atoms with Crippen LogP contribution in [0.4, 0.5) is 0 Å². The zero-order chi connectivity index (χ0) is 26.3. The second-order valence-corrected chi connectivity index (χ2v) is 22.7. The van der Waals surface area contributed by atoms with E-state index in [-0.39, 0.29) is 10.1 Å². The molecule has 4 atom stereocenters. The van der Waals surface area contributed by atoms with Crippen LogP contribution in [-0.2, 0) is 13.6 Å². The van der Waals surface area contributed by atoms with E-state index in [0.29, 0.717) is 13.0 Å². The zero-order valence-corrected chi connectivity index (χ0v) is 25.6. The molecule has 1 saturated heterocycles. The van der Waals surface area contributed by atoms with Gasteiger partial charge in [0.25, 0.3) is 5.56 Å². The number of nitrogens with one attached hydrogen (secondary N) is 1. The molecule has 1 unspecified atom stereocenters. The minimum Gasteiger partial charge on any atom is -0.414 e. The van der Waals surface area contributed by atoms with E-state index in [0.717, 1.165) is 6.42 Å². The predicted molar refractivity (Wildman–Crippen MR) is 144 cm³/mol. The van der Waals surface area contributed by atoms with Crippen molar-refractivity contribution in [2.24, 2.45) is 0 Å². The third-order valence-electron chi connectivity index (χ3n) is 7.95. The number of aromatic nitrogens is 2. The highest BCUT2D eigenvalue weighted by atomic mass is 35.5. The Kier molecular flexibility index (Phi) is 8.66. The number of alkyl halides is 1. The summed E-state index contributed by atoms with van der Waals surface area (Å²) in [6.07, 6.45) is 1.72. The second-order valence-electron chi connectivity index (χ2n) is 12.6. The molecule has 34 heavy (non-hydrogen) atoms. The van der Waals surface area contributed by atoms with Gasteiger partial charge in [0.05, 0.1) is 12.7 Å². The second kappa shape index (κ2) is 9.97. The summed E-state index contributed by atoms with van der Waals surface area (Å²) in [5.74, 6) is 0. The number of rotatable bonds is 8. The highest BCUT2D eigenvalue weighted by Gasteiger charge is 2.59. The first-order valence-corrected chi connectivity index (χ1v) is 18.5. The predicted octanol–water partition coefficient (Wildman–Crippen LogP) is 5.62. The van der Waals surface area contributed by atoms with Crippen molar-refractivity contribution in [3.05, 3.63) is 33.1 Å². The molecule has 0 saturated carbocycles. The monoisotopic (exact) mass is 532 g/mol. The van der Waals surface area contributed by atoms with Gasteiger partial charge in [-0.3, -0.25) is 14.3 Å². The van der Waals surface area contributed by atoms with E-state index in [2.05, 4.69) is 79.6 Å². The van der Waals surface area contributed by atoms with Crippen LogP contribution in [0.5, 0.6) is 0 Å². The van der Waals surface area contributed by atoms with Gasteiger partial charge in [-0.2, -0.15) is 0 Å². The molecule has 1 aliphatic heterocycles. The third kappa shape index (κ3) is 5.98. The summed E-state index contributed by atoms with van der Waals surface area (Å²) in [5.41, 5.74) is -1.82. The highest BCUT2D eigenvalue weighted by Crippen LogP contribution is 2.49.